The van der Waals surface area contributed by atoms with Crippen molar-refractivity contribution in [3.05, 3.63) is 11.6 Å². The number of aliphatic hydroxyl groups excluding tert-OH is 1. The molecule has 2 nitrogen and oxygen atoms in total. The Morgan fingerprint density at radius 2 is 1.62 bits per heavy atom. The molecule has 2 heteroatoms. The Morgan fingerprint density at radius 3 is 2.28 bits per heavy atom. The second kappa shape index (κ2) is 7.96. The van der Waals surface area contributed by atoms with Crippen LogP contribution in [0, 0.1) is 51.2 Å². The Hall–Kier alpha value is -0.630. The summed E-state index contributed by atoms with van der Waals surface area (Å²) in [5, 5.41) is 11.3. The molecule has 0 aliphatic heterocycles. The standard InChI is InChI=1S/C30H50O2/c1-19(2)10-9-11-20(3)21-14-16-29(7)22-12-13-24-27(4,5)25(31)18-26(32)30(24,8)23(22)15-17-28(21,29)6/h13,19-23,26,32H,9-12,14-18H2,1-8H3/t20-,21-,22-,23+,26+,28-,29+,30+/m0/s1. The van der Waals surface area contributed by atoms with E-state index in [9.17, 15) is 9.90 Å². The number of fused-ring (bicyclic) bond motifs is 5. The van der Waals surface area contributed by atoms with E-state index in [1.807, 2.05) is 0 Å². The van der Waals surface area contributed by atoms with E-state index in [0.29, 0.717) is 29.1 Å². The van der Waals surface area contributed by atoms with Gasteiger partial charge in [-0.3, -0.25) is 4.79 Å². The first-order valence-corrected chi connectivity index (χ1v) is 13.7. The van der Waals surface area contributed by atoms with Crippen LogP contribution >= 0.6 is 0 Å². The average molecular weight is 443 g/mol. The molecule has 0 aromatic carbocycles. The third-order valence-electron chi connectivity index (χ3n) is 11.9. The summed E-state index contributed by atoms with van der Waals surface area (Å²) < 4.78 is 0. The van der Waals surface area contributed by atoms with Gasteiger partial charge in [-0.25, -0.2) is 0 Å². The molecular formula is C30H50O2. The lowest BCUT2D eigenvalue weighted by Crippen LogP contribution is -2.61. The fourth-order valence-corrected chi connectivity index (χ4v) is 9.58. The van der Waals surface area contributed by atoms with Gasteiger partial charge in [0.15, 0.2) is 0 Å². The first-order valence-electron chi connectivity index (χ1n) is 13.7. The number of carbonyl (C=O) groups is 1. The molecule has 4 rings (SSSR count). The van der Waals surface area contributed by atoms with Crippen molar-refractivity contribution in [2.24, 2.45) is 51.2 Å². The first kappa shape index (κ1) is 24.5. The summed E-state index contributed by atoms with van der Waals surface area (Å²) in [5.74, 6) is 3.78. The van der Waals surface area contributed by atoms with Crippen molar-refractivity contribution in [3.63, 3.8) is 0 Å². The highest BCUT2D eigenvalue weighted by molar-refractivity contribution is 5.89. The minimum atomic E-state index is -0.526. The molecule has 0 amide bonds. The maximum Gasteiger partial charge on any atom is 0.145 e. The van der Waals surface area contributed by atoms with E-state index >= 15 is 0 Å². The molecule has 0 bridgehead atoms. The van der Waals surface area contributed by atoms with Crippen LogP contribution in [0.1, 0.15) is 113 Å². The summed E-state index contributed by atoms with van der Waals surface area (Å²) in [4.78, 5) is 12.8. The fourth-order valence-electron chi connectivity index (χ4n) is 9.58. The smallest absolute Gasteiger partial charge is 0.145 e. The van der Waals surface area contributed by atoms with Crippen molar-refractivity contribution in [2.45, 2.75) is 119 Å². The van der Waals surface area contributed by atoms with Gasteiger partial charge in [-0.2, -0.15) is 0 Å². The van der Waals surface area contributed by atoms with Crippen molar-refractivity contribution in [3.8, 4) is 0 Å². The molecule has 8 atom stereocenters. The minimum Gasteiger partial charge on any atom is -0.392 e. The molecule has 182 valence electrons. The van der Waals surface area contributed by atoms with Crippen LogP contribution in [-0.4, -0.2) is 17.0 Å². The lowest BCUT2D eigenvalue weighted by molar-refractivity contribution is -0.155. The van der Waals surface area contributed by atoms with Crippen LogP contribution in [0.3, 0.4) is 0 Å². The summed E-state index contributed by atoms with van der Waals surface area (Å²) in [5.41, 5.74) is 1.32. The average Bonchev–Trinajstić information content (AvgIpc) is 2.98. The van der Waals surface area contributed by atoms with Gasteiger partial charge in [-0.15, -0.1) is 0 Å². The molecule has 1 N–H and O–H groups in total. The molecular weight excluding hydrogens is 392 g/mol. The second-order valence-electron chi connectivity index (χ2n) is 13.9. The molecule has 4 aliphatic rings. The predicted molar refractivity (Wildman–Crippen MR) is 133 cm³/mol. The molecule has 0 radical (unpaired) electrons. The third-order valence-corrected chi connectivity index (χ3v) is 11.9. The van der Waals surface area contributed by atoms with Gasteiger partial charge in [0.25, 0.3) is 0 Å². The number of hydrogen-bond acceptors (Lipinski definition) is 2. The van der Waals surface area contributed by atoms with Gasteiger partial charge in [0.1, 0.15) is 5.78 Å². The van der Waals surface area contributed by atoms with Gasteiger partial charge in [0.2, 0.25) is 0 Å². The van der Waals surface area contributed by atoms with Crippen LogP contribution in [-0.2, 0) is 4.79 Å². The van der Waals surface area contributed by atoms with Crippen LogP contribution in [0.25, 0.3) is 0 Å². The van der Waals surface area contributed by atoms with E-state index in [0.717, 1.165) is 24.2 Å². The van der Waals surface area contributed by atoms with E-state index in [-0.39, 0.29) is 11.2 Å². The fraction of sp³-hybridized carbons (Fsp3) is 0.900. The Bertz CT molecular complexity index is 778. The van der Waals surface area contributed by atoms with Crippen molar-refractivity contribution in [2.75, 3.05) is 0 Å². The maximum absolute atomic E-state index is 12.8. The zero-order chi connectivity index (χ0) is 23.7. The molecule has 3 saturated carbocycles. The highest BCUT2D eigenvalue weighted by atomic mass is 16.3. The first-order chi connectivity index (χ1) is 14.8. The topological polar surface area (TPSA) is 37.3 Å². The van der Waals surface area contributed by atoms with E-state index in [4.69, 9.17) is 0 Å². The van der Waals surface area contributed by atoms with Crippen LogP contribution < -0.4 is 0 Å². The molecule has 0 aromatic heterocycles. The second-order valence-corrected chi connectivity index (χ2v) is 13.9. The van der Waals surface area contributed by atoms with Gasteiger partial charge in [-0.05, 0) is 86.4 Å². The number of Topliss-reactive ketones (excluding diaryl/α,β-unsaturated/α-hetero) is 1. The summed E-state index contributed by atoms with van der Waals surface area (Å²) in [7, 11) is 0. The Labute approximate surface area is 198 Å². The van der Waals surface area contributed by atoms with Crippen LogP contribution in [0.2, 0.25) is 0 Å². The number of carbonyl (C=O) groups excluding carboxylic acids is 1. The van der Waals surface area contributed by atoms with Crippen LogP contribution in [0.15, 0.2) is 11.6 Å². The zero-order valence-corrected chi connectivity index (χ0v) is 22.3. The maximum atomic E-state index is 12.8. The van der Waals surface area contributed by atoms with Crippen molar-refractivity contribution in [1.82, 2.24) is 0 Å². The molecule has 4 aliphatic carbocycles. The van der Waals surface area contributed by atoms with Crippen LogP contribution in [0.5, 0.6) is 0 Å². The molecule has 0 saturated heterocycles. The highest BCUT2D eigenvalue weighted by Crippen LogP contribution is 2.73. The summed E-state index contributed by atoms with van der Waals surface area (Å²) in [6.07, 6.45) is 12.6. The number of hydrogen-bond donors (Lipinski definition) is 1. The summed E-state index contributed by atoms with van der Waals surface area (Å²) in [6, 6.07) is 0. The highest BCUT2D eigenvalue weighted by Gasteiger charge is 2.67. The van der Waals surface area contributed by atoms with E-state index in [1.165, 1.54) is 50.5 Å². The Kier molecular flexibility index (Phi) is 6.09. The number of rotatable bonds is 5. The monoisotopic (exact) mass is 442 g/mol. The van der Waals surface area contributed by atoms with Crippen molar-refractivity contribution in [1.29, 1.82) is 0 Å². The lowest BCUT2D eigenvalue weighted by Gasteiger charge is -2.64. The minimum absolute atomic E-state index is 0.218. The van der Waals surface area contributed by atoms with Gasteiger partial charge in [0.05, 0.1) is 6.10 Å². The predicted octanol–water partition coefficient (Wildman–Crippen LogP) is 7.59. The number of allylic oxidation sites excluding steroid dienone is 1. The van der Waals surface area contributed by atoms with E-state index in [2.05, 4.69) is 61.5 Å². The third kappa shape index (κ3) is 3.24. The molecule has 0 unspecified atom stereocenters. The van der Waals surface area contributed by atoms with Gasteiger partial charge in [-0.1, -0.05) is 72.5 Å². The molecule has 0 spiro atoms. The zero-order valence-electron chi connectivity index (χ0n) is 22.3. The van der Waals surface area contributed by atoms with Gasteiger partial charge >= 0.3 is 0 Å². The molecule has 0 aromatic rings. The Balaban J connectivity index is 1.63. The molecule has 0 heterocycles. The largest absolute Gasteiger partial charge is 0.392 e. The van der Waals surface area contributed by atoms with Gasteiger partial charge < -0.3 is 5.11 Å². The quantitative estimate of drug-likeness (QED) is 0.445. The van der Waals surface area contributed by atoms with Crippen molar-refractivity contribution < 1.29 is 9.90 Å². The lowest BCUT2D eigenvalue weighted by atomic mass is 9.40. The van der Waals surface area contributed by atoms with Crippen molar-refractivity contribution >= 4 is 5.78 Å². The number of ketones is 1. The van der Waals surface area contributed by atoms with E-state index in [1.54, 1.807) is 0 Å². The molecule has 3 fully saturated rings. The van der Waals surface area contributed by atoms with E-state index < -0.39 is 11.5 Å². The SMILES string of the molecule is CC(C)CCC[C@H](C)[C@@H]1CC[C@]2(C)[C@H]3CC=C4C(C)(C)C(=O)C[C@@H](O)[C@]4(C)[C@@H]3CC[C@@]12C. The molecule has 32 heavy (non-hydrogen) atoms. The number of aliphatic hydroxyl groups is 1. The summed E-state index contributed by atoms with van der Waals surface area (Å²) >= 11 is 0. The normalized spacial score (nSPS) is 46.3. The van der Waals surface area contributed by atoms with Gasteiger partial charge in [0, 0.05) is 17.3 Å². The summed E-state index contributed by atoms with van der Waals surface area (Å²) in [6.45, 7) is 19.0. The Morgan fingerprint density at radius 1 is 0.969 bits per heavy atom. The van der Waals surface area contributed by atoms with Crippen LogP contribution in [0.4, 0.5) is 0 Å².